The number of hydrogen-bond donors (Lipinski definition) is 1. The fraction of sp³-hybridized carbons (Fsp3) is 0.462. The maximum atomic E-state index is 11.9. The minimum absolute atomic E-state index is 0.184. The number of carbonyl (C=O) groups excluding carboxylic acids is 1. The maximum absolute atomic E-state index is 11.9. The average Bonchev–Trinajstić information content (AvgIpc) is 2.33. The van der Waals surface area contributed by atoms with Gasteiger partial charge in [-0.2, -0.15) is 11.8 Å². The zero-order valence-electron chi connectivity index (χ0n) is 9.53. The highest BCUT2D eigenvalue weighted by Crippen LogP contribution is 2.24. The largest absolute Gasteiger partial charge is 0.326 e. The molecule has 2 nitrogen and oxygen atoms in total. The molecule has 3 heteroatoms. The van der Waals surface area contributed by atoms with Crippen LogP contribution in [0.3, 0.4) is 0 Å². The molecule has 1 amide bonds. The van der Waals surface area contributed by atoms with Crippen molar-refractivity contribution >= 4 is 23.4 Å². The van der Waals surface area contributed by atoms with Crippen LogP contribution in [-0.2, 0) is 4.79 Å². The second-order valence-corrected chi connectivity index (χ2v) is 5.47. The van der Waals surface area contributed by atoms with Crippen LogP contribution < -0.4 is 5.32 Å². The van der Waals surface area contributed by atoms with Crippen LogP contribution in [0.4, 0.5) is 5.69 Å². The van der Waals surface area contributed by atoms with E-state index in [-0.39, 0.29) is 11.8 Å². The Kier molecular flexibility index (Phi) is 3.88. The Balaban J connectivity index is 1.93. The number of rotatable bonds is 2. The van der Waals surface area contributed by atoms with Gasteiger partial charge in [0.05, 0.1) is 0 Å². The molecule has 1 aromatic carbocycles. The van der Waals surface area contributed by atoms with E-state index in [0.29, 0.717) is 0 Å². The number of thioether (sulfide) groups is 1. The van der Waals surface area contributed by atoms with E-state index in [9.17, 15) is 4.79 Å². The lowest BCUT2D eigenvalue weighted by Crippen LogP contribution is -2.26. The Hall–Kier alpha value is -0.960. The summed E-state index contributed by atoms with van der Waals surface area (Å²) in [6, 6.07) is 7.97. The van der Waals surface area contributed by atoms with Gasteiger partial charge >= 0.3 is 0 Å². The number of benzene rings is 1. The van der Waals surface area contributed by atoms with Gasteiger partial charge in [0.2, 0.25) is 5.91 Å². The lowest BCUT2D eigenvalue weighted by Gasteiger charge is -2.20. The third-order valence-corrected chi connectivity index (χ3v) is 3.96. The van der Waals surface area contributed by atoms with Crippen LogP contribution in [0, 0.1) is 12.8 Å². The average molecular weight is 235 g/mol. The fourth-order valence-electron chi connectivity index (χ4n) is 1.84. The van der Waals surface area contributed by atoms with E-state index in [1.165, 1.54) is 5.56 Å². The van der Waals surface area contributed by atoms with Gasteiger partial charge < -0.3 is 5.32 Å². The van der Waals surface area contributed by atoms with Gasteiger partial charge in [-0.15, -0.1) is 0 Å². The Morgan fingerprint density at radius 3 is 2.50 bits per heavy atom. The van der Waals surface area contributed by atoms with Gasteiger partial charge in [0.25, 0.3) is 0 Å². The van der Waals surface area contributed by atoms with E-state index in [4.69, 9.17) is 0 Å². The molecule has 0 aliphatic carbocycles. The van der Waals surface area contributed by atoms with Crippen molar-refractivity contribution < 1.29 is 4.79 Å². The van der Waals surface area contributed by atoms with Crippen molar-refractivity contribution in [2.24, 2.45) is 5.92 Å². The second-order valence-electron chi connectivity index (χ2n) is 4.24. The number of anilines is 1. The van der Waals surface area contributed by atoms with E-state index in [2.05, 4.69) is 5.32 Å². The SMILES string of the molecule is Cc1ccc(NC(=O)C2CCSCC2)cc1. The summed E-state index contributed by atoms with van der Waals surface area (Å²) in [4.78, 5) is 11.9. The highest BCUT2D eigenvalue weighted by molar-refractivity contribution is 7.99. The topological polar surface area (TPSA) is 29.1 Å². The zero-order chi connectivity index (χ0) is 11.4. The van der Waals surface area contributed by atoms with Crippen molar-refractivity contribution in [1.29, 1.82) is 0 Å². The highest BCUT2D eigenvalue weighted by atomic mass is 32.2. The van der Waals surface area contributed by atoms with Crippen molar-refractivity contribution in [3.63, 3.8) is 0 Å². The normalized spacial score (nSPS) is 17.1. The third kappa shape index (κ3) is 3.01. The fourth-order valence-corrected chi connectivity index (χ4v) is 2.95. The molecular weight excluding hydrogens is 218 g/mol. The first kappa shape index (κ1) is 11.5. The Bertz CT molecular complexity index is 355. The summed E-state index contributed by atoms with van der Waals surface area (Å²) in [6.07, 6.45) is 2.03. The first-order valence-corrected chi connectivity index (χ1v) is 6.86. The first-order valence-electron chi connectivity index (χ1n) is 5.71. The molecule has 1 N–H and O–H groups in total. The van der Waals surface area contributed by atoms with E-state index < -0.39 is 0 Å². The molecule has 86 valence electrons. The Morgan fingerprint density at radius 2 is 1.88 bits per heavy atom. The van der Waals surface area contributed by atoms with E-state index in [1.54, 1.807) is 0 Å². The van der Waals surface area contributed by atoms with Gasteiger partial charge in [0.1, 0.15) is 0 Å². The Morgan fingerprint density at radius 1 is 1.25 bits per heavy atom. The minimum Gasteiger partial charge on any atom is -0.326 e. The molecule has 0 saturated carbocycles. The number of hydrogen-bond acceptors (Lipinski definition) is 2. The van der Waals surface area contributed by atoms with Crippen LogP contribution in [0.1, 0.15) is 18.4 Å². The van der Waals surface area contributed by atoms with Crippen LogP contribution in [-0.4, -0.2) is 17.4 Å². The van der Waals surface area contributed by atoms with E-state index in [0.717, 1.165) is 30.0 Å². The molecule has 0 spiro atoms. The van der Waals surface area contributed by atoms with Gasteiger partial charge in [-0.05, 0) is 43.4 Å². The maximum Gasteiger partial charge on any atom is 0.227 e. The number of aryl methyl sites for hydroxylation is 1. The van der Waals surface area contributed by atoms with Crippen LogP contribution in [0.15, 0.2) is 24.3 Å². The highest BCUT2D eigenvalue weighted by Gasteiger charge is 2.21. The monoisotopic (exact) mass is 235 g/mol. The van der Waals surface area contributed by atoms with Gasteiger partial charge in [-0.1, -0.05) is 17.7 Å². The van der Waals surface area contributed by atoms with Crippen molar-refractivity contribution in [3.05, 3.63) is 29.8 Å². The molecule has 2 rings (SSSR count). The lowest BCUT2D eigenvalue weighted by atomic mass is 10.0. The molecule has 1 aliphatic rings. The summed E-state index contributed by atoms with van der Waals surface area (Å²) in [7, 11) is 0. The zero-order valence-corrected chi connectivity index (χ0v) is 10.3. The molecule has 16 heavy (non-hydrogen) atoms. The van der Waals surface area contributed by atoms with Crippen molar-refractivity contribution in [2.75, 3.05) is 16.8 Å². The molecule has 0 aromatic heterocycles. The van der Waals surface area contributed by atoms with Crippen LogP contribution >= 0.6 is 11.8 Å². The minimum atomic E-state index is 0.184. The molecule has 1 fully saturated rings. The predicted octanol–water partition coefficient (Wildman–Crippen LogP) is 3.08. The Labute approximate surface area is 101 Å². The van der Waals surface area contributed by atoms with Gasteiger partial charge in [-0.25, -0.2) is 0 Å². The van der Waals surface area contributed by atoms with Crippen molar-refractivity contribution in [1.82, 2.24) is 0 Å². The van der Waals surface area contributed by atoms with Crippen molar-refractivity contribution in [2.45, 2.75) is 19.8 Å². The summed E-state index contributed by atoms with van der Waals surface area (Å²) in [5.41, 5.74) is 2.13. The quantitative estimate of drug-likeness (QED) is 0.853. The van der Waals surface area contributed by atoms with E-state index >= 15 is 0 Å². The van der Waals surface area contributed by atoms with Crippen LogP contribution in [0.2, 0.25) is 0 Å². The summed E-state index contributed by atoms with van der Waals surface area (Å²) < 4.78 is 0. The van der Waals surface area contributed by atoms with Crippen LogP contribution in [0.5, 0.6) is 0 Å². The molecule has 0 unspecified atom stereocenters. The summed E-state index contributed by atoms with van der Waals surface area (Å²) in [6.45, 7) is 2.05. The first-order chi connectivity index (χ1) is 7.75. The standard InChI is InChI=1S/C13H17NOS/c1-10-2-4-12(5-3-10)14-13(15)11-6-8-16-9-7-11/h2-5,11H,6-9H2,1H3,(H,14,15). The third-order valence-electron chi connectivity index (χ3n) is 2.91. The second kappa shape index (κ2) is 5.39. The number of amides is 1. The number of carbonyl (C=O) groups is 1. The van der Waals surface area contributed by atoms with Crippen molar-refractivity contribution in [3.8, 4) is 0 Å². The number of nitrogens with one attached hydrogen (secondary N) is 1. The lowest BCUT2D eigenvalue weighted by molar-refractivity contribution is -0.120. The van der Waals surface area contributed by atoms with Gasteiger partial charge in [-0.3, -0.25) is 4.79 Å². The summed E-state index contributed by atoms with van der Waals surface area (Å²) >= 11 is 1.94. The molecule has 0 atom stereocenters. The smallest absolute Gasteiger partial charge is 0.227 e. The summed E-state index contributed by atoms with van der Waals surface area (Å²) in [5, 5.41) is 2.99. The van der Waals surface area contributed by atoms with Gasteiger partial charge in [0, 0.05) is 11.6 Å². The van der Waals surface area contributed by atoms with Crippen LogP contribution in [0.25, 0.3) is 0 Å². The molecule has 1 heterocycles. The molecule has 0 bridgehead atoms. The predicted molar refractivity (Wildman–Crippen MR) is 69.9 cm³/mol. The van der Waals surface area contributed by atoms with E-state index in [1.807, 2.05) is 43.0 Å². The summed E-state index contributed by atoms with van der Waals surface area (Å²) in [5.74, 6) is 2.63. The molecule has 1 aromatic rings. The van der Waals surface area contributed by atoms with Gasteiger partial charge in [0.15, 0.2) is 0 Å². The molecular formula is C13H17NOS. The molecule has 1 saturated heterocycles. The molecule has 1 aliphatic heterocycles. The molecule has 0 radical (unpaired) electrons.